The Morgan fingerprint density at radius 2 is 1.97 bits per heavy atom. The van der Waals surface area contributed by atoms with Crippen molar-refractivity contribution < 1.29 is 38.7 Å². The lowest BCUT2D eigenvalue weighted by molar-refractivity contribution is -0.141. The maximum absolute atomic E-state index is 14.0. The van der Waals surface area contributed by atoms with Crippen molar-refractivity contribution >= 4 is 24.9 Å². The Hall–Kier alpha value is -2.72. The van der Waals surface area contributed by atoms with Crippen molar-refractivity contribution in [2.75, 3.05) is 6.54 Å². The molecule has 1 aliphatic carbocycles. The van der Waals surface area contributed by atoms with E-state index in [1.54, 1.807) is 0 Å². The molecule has 1 aromatic rings. The number of phenols is 1. The minimum Gasteiger partial charge on any atom is -0.505 e. The van der Waals surface area contributed by atoms with Crippen LogP contribution in [-0.2, 0) is 19.0 Å². The average Bonchev–Trinajstić information content (AvgIpc) is 3.04. The Balaban J connectivity index is 1.56. The van der Waals surface area contributed by atoms with E-state index in [1.165, 1.54) is 17.0 Å². The first-order valence-corrected chi connectivity index (χ1v) is 11.8. The van der Waals surface area contributed by atoms with Gasteiger partial charge in [0.15, 0.2) is 11.6 Å². The van der Waals surface area contributed by atoms with Crippen LogP contribution >= 0.6 is 0 Å². The Morgan fingerprint density at radius 1 is 1.21 bits per heavy atom. The fraction of sp³-hybridized carbons (Fsp3) is 0.542. The van der Waals surface area contributed by atoms with E-state index in [4.69, 9.17) is 9.76 Å². The number of hydrogen-bond donors (Lipinski definition) is 3. The summed E-state index contributed by atoms with van der Waals surface area (Å²) in [6.45, 7) is 2.19. The number of phenolic OH excluding ortho intramolecular Hbond substituents is 1. The van der Waals surface area contributed by atoms with Gasteiger partial charge in [-0.2, -0.15) is 0 Å². The molecule has 4 atom stereocenters. The molecular weight excluding hydrogens is 444 g/mol. The van der Waals surface area contributed by atoms with Crippen LogP contribution < -0.4 is 0 Å². The fourth-order valence-electron chi connectivity index (χ4n) is 5.70. The van der Waals surface area contributed by atoms with E-state index in [0.717, 1.165) is 11.6 Å². The van der Waals surface area contributed by atoms with Gasteiger partial charge in [-0.15, -0.1) is 0 Å². The van der Waals surface area contributed by atoms with E-state index in [0.29, 0.717) is 49.6 Å². The first-order chi connectivity index (χ1) is 16.2. The van der Waals surface area contributed by atoms with Crippen molar-refractivity contribution in [3.63, 3.8) is 0 Å². The highest BCUT2D eigenvalue weighted by molar-refractivity contribution is 6.53. The number of allylic oxidation sites excluding steroid dienone is 2. The molecule has 10 heteroatoms. The van der Waals surface area contributed by atoms with Gasteiger partial charge in [-0.1, -0.05) is 25.0 Å². The summed E-state index contributed by atoms with van der Waals surface area (Å²) in [4.78, 5) is 38.6. The summed E-state index contributed by atoms with van der Waals surface area (Å²) in [5.41, 5.74) is 2.02. The monoisotopic (exact) mass is 473 g/mol. The van der Waals surface area contributed by atoms with Gasteiger partial charge >= 0.3 is 13.1 Å². The Bertz CT molecular complexity index is 1030. The van der Waals surface area contributed by atoms with Crippen LogP contribution in [0.3, 0.4) is 0 Å². The molecular formula is C24H29BFNO7. The molecule has 0 aromatic heterocycles. The molecule has 2 aliphatic heterocycles. The van der Waals surface area contributed by atoms with E-state index < -0.39 is 48.5 Å². The summed E-state index contributed by atoms with van der Waals surface area (Å²) in [6, 6.07) is 3.91. The van der Waals surface area contributed by atoms with Crippen molar-refractivity contribution in [3.05, 3.63) is 40.6 Å². The molecule has 0 radical (unpaired) electrons. The quantitative estimate of drug-likeness (QED) is 0.301. The highest BCUT2D eigenvalue weighted by atomic mass is 19.1. The van der Waals surface area contributed by atoms with Gasteiger partial charge in [0.2, 0.25) is 11.8 Å². The van der Waals surface area contributed by atoms with Crippen molar-refractivity contribution in [2.45, 2.75) is 58.0 Å². The predicted octanol–water partition coefficient (Wildman–Crippen LogP) is 2.99. The van der Waals surface area contributed by atoms with E-state index >= 15 is 0 Å². The van der Waals surface area contributed by atoms with Gasteiger partial charge in [-0.05, 0) is 61.2 Å². The number of amides is 2. The number of nitrogens with zero attached hydrogens (tertiary/aromatic N) is 1. The average molecular weight is 473 g/mol. The number of unbranched alkanes of at least 4 members (excludes halogenated alkanes) is 2. The smallest absolute Gasteiger partial charge is 0.487 e. The lowest BCUT2D eigenvalue weighted by Gasteiger charge is -2.42. The predicted molar refractivity (Wildman–Crippen MR) is 120 cm³/mol. The number of carboxylic acid groups (broad SMARTS) is 1. The zero-order valence-electron chi connectivity index (χ0n) is 19.1. The number of benzene rings is 1. The number of aromatic hydroxyl groups is 1. The first kappa shape index (κ1) is 24.4. The van der Waals surface area contributed by atoms with Gasteiger partial charge in [0.1, 0.15) is 0 Å². The third-order valence-electron chi connectivity index (χ3n) is 7.35. The molecule has 3 N–H and O–H groups in total. The van der Waals surface area contributed by atoms with Crippen molar-refractivity contribution in [1.82, 2.24) is 4.90 Å². The number of halogens is 1. The second-order valence-corrected chi connectivity index (χ2v) is 9.31. The summed E-state index contributed by atoms with van der Waals surface area (Å²) in [7, 11) is -1.26. The van der Waals surface area contributed by atoms with Gasteiger partial charge in [-0.3, -0.25) is 19.3 Å². The van der Waals surface area contributed by atoms with Gasteiger partial charge < -0.3 is 19.9 Å². The Kier molecular flexibility index (Phi) is 7.09. The van der Waals surface area contributed by atoms with Crippen LogP contribution in [0.2, 0.25) is 0 Å². The second-order valence-electron chi connectivity index (χ2n) is 9.31. The van der Waals surface area contributed by atoms with Crippen LogP contribution in [0.5, 0.6) is 5.75 Å². The molecule has 182 valence electrons. The number of carbonyl (C=O) groups is 3. The first-order valence-electron chi connectivity index (χ1n) is 11.8. The molecule has 34 heavy (non-hydrogen) atoms. The SMILES string of the molecule is CCC1=C2B(O)O[C@H](c3ccc(O)c(F)c3)C[C@H]2[C@H]2C(=O)N(CCCCCC(=O)O)C(=O)[C@H]2C1. The van der Waals surface area contributed by atoms with Crippen LogP contribution in [0, 0.1) is 23.6 Å². The molecule has 0 bridgehead atoms. The van der Waals surface area contributed by atoms with Crippen LogP contribution in [-0.4, -0.2) is 51.6 Å². The molecule has 3 aliphatic rings. The standard InChI is InChI=1S/C24H29BFNO7/c1-2-13-10-16-21(24(32)27(23(16)31)9-5-3-4-6-20(29)30)15-12-19(34-25(33)22(13)15)14-7-8-18(28)17(26)11-14/h7-8,11,15-16,19,21,28,33H,2-6,9-10,12H2,1H3,(H,29,30)/t15-,16-,19-,21+/m0/s1. The van der Waals surface area contributed by atoms with Crippen LogP contribution in [0.4, 0.5) is 4.39 Å². The van der Waals surface area contributed by atoms with Crippen LogP contribution in [0.1, 0.15) is 63.5 Å². The number of hydrogen-bond acceptors (Lipinski definition) is 6. The normalized spacial score (nSPS) is 26.7. The molecule has 1 aromatic carbocycles. The number of fused-ring (bicyclic) bond motifs is 3. The lowest BCUT2D eigenvalue weighted by atomic mass is 9.55. The third kappa shape index (κ3) is 4.48. The Morgan fingerprint density at radius 3 is 2.65 bits per heavy atom. The number of carboxylic acids is 1. The summed E-state index contributed by atoms with van der Waals surface area (Å²) in [5.74, 6) is -4.16. The summed E-state index contributed by atoms with van der Waals surface area (Å²) >= 11 is 0. The zero-order chi connectivity index (χ0) is 24.6. The molecule has 4 rings (SSSR count). The molecule has 0 saturated carbocycles. The van der Waals surface area contributed by atoms with Crippen molar-refractivity contribution in [3.8, 4) is 5.75 Å². The molecule has 2 fully saturated rings. The van der Waals surface area contributed by atoms with Gasteiger partial charge in [-0.25, -0.2) is 4.39 Å². The maximum Gasteiger partial charge on any atom is 0.487 e. The van der Waals surface area contributed by atoms with Crippen molar-refractivity contribution in [1.29, 1.82) is 0 Å². The molecule has 2 saturated heterocycles. The van der Waals surface area contributed by atoms with Gasteiger partial charge in [0.25, 0.3) is 0 Å². The number of imide groups is 1. The minimum atomic E-state index is -1.26. The fourth-order valence-corrected chi connectivity index (χ4v) is 5.70. The topological polar surface area (TPSA) is 124 Å². The summed E-state index contributed by atoms with van der Waals surface area (Å²) in [5, 5.41) is 29.1. The van der Waals surface area contributed by atoms with Gasteiger partial charge in [0, 0.05) is 13.0 Å². The highest BCUT2D eigenvalue weighted by Gasteiger charge is 2.57. The number of likely N-dealkylation sites (tertiary alicyclic amines) is 1. The second kappa shape index (κ2) is 9.87. The van der Waals surface area contributed by atoms with Crippen molar-refractivity contribution in [2.24, 2.45) is 17.8 Å². The van der Waals surface area contributed by atoms with E-state index in [1.807, 2.05) is 6.92 Å². The zero-order valence-corrected chi connectivity index (χ0v) is 19.1. The molecule has 2 amide bonds. The van der Waals surface area contributed by atoms with E-state index in [-0.39, 0.29) is 24.8 Å². The molecule has 0 unspecified atom stereocenters. The molecule has 8 nitrogen and oxygen atoms in total. The Labute approximate surface area is 197 Å². The lowest BCUT2D eigenvalue weighted by Crippen LogP contribution is -2.44. The van der Waals surface area contributed by atoms with Gasteiger partial charge in [0.05, 0.1) is 17.9 Å². The van der Waals surface area contributed by atoms with E-state index in [9.17, 15) is 28.9 Å². The highest BCUT2D eigenvalue weighted by Crippen LogP contribution is 2.52. The van der Waals surface area contributed by atoms with Crippen LogP contribution in [0.15, 0.2) is 29.2 Å². The number of carbonyl (C=O) groups excluding carboxylic acids is 2. The maximum atomic E-state index is 14.0. The largest absolute Gasteiger partial charge is 0.505 e. The number of aliphatic carboxylic acids is 1. The van der Waals surface area contributed by atoms with Crippen LogP contribution in [0.25, 0.3) is 0 Å². The number of rotatable bonds is 8. The van der Waals surface area contributed by atoms with E-state index in [2.05, 4.69) is 0 Å². The minimum absolute atomic E-state index is 0.0550. The summed E-state index contributed by atoms with van der Waals surface area (Å²) < 4.78 is 19.8. The molecule has 2 heterocycles. The molecule has 0 spiro atoms. The summed E-state index contributed by atoms with van der Waals surface area (Å²) in [6.07, 6.45) is 2.32. The third-order valence-corrected chi connectivity index (χ3v) is 7.35.